The van der Waals surface area contributed by atoms with Crippen LogP contribution in [0.4, 0.5) is 13.2 Å². The summed E-state index contributed by atoms with van der Waals surface area (Å²) in [6.45, 7) is 1.41. The van der Waals surface area contributed by atoms with Gasteiger partial charge < -0.3 is 0 Å². The Kier molecular flexibility index (Phi) is 3.35. The average molecular weight is 320 g/mol. The number of halogens is 3. The van der Waals surface area contributed by atoms with Gasteiger partial charge in [-0.25, -0.2) is 4.79 Å². The summed E-state index contributed by atoms with van der Waals surface area (Å²) >= 11 is 0. The van der Waals surface area contributed by atoms with Gasteiger partial charge in [-0.05, 0) is 36.8 Å². The van der Waals surface area contributed by atoms with Crippen molar-refractivity contribution in [2.24, 2.45) is 0 Å². The minimum absolute atomic E-state index is 0.0569. The molecule has 1 N–H and O–H groups in total. The number of nitrogens with zero attached hydrogens (tertiary/aromatic N) is 1. The molecule has 23 heavy (non-hydrogen) atoms. The smallest absolute Gasteiger partial charge is 0.273 e. The first-order valence-electron chi connectivity index (χ1n) is 6.71. The highest BCUT2D eigenvalue weighted by molar-refractivity contribution is 5.83. The van der Waals surface area contributed by atoms with E-state index in [9.17, 15) is 22.8 Å². The van der Waals surface area contributed by atoms with Crippen molar-refractivity contribution in [3.63, 3.8) is 0 Å². The molecule has 0 aliphatic carbocycles. The zero-order valence-electron chi connectivity index (χ0n) is 11.9. The molecule has 118 valence electrons. The van der Waals surface area contributed by atoms with E-state index in [1.54, 1.807) is 30.3 Å². The van der Waals surface area contributed by atoms with Crippen molar-refractivity contribution < 1.29 is 13.2 Å². The van der Waals surface area contributed by atoms with Gasteiger partial charge in [0, 0.05) is 0 Å². The van der Waals surface area contributed by atoms with Crippen LogP contribution in [-0.2, 0) is 6.18 Å². The second kappa shape index (κ2) is 5.12. The monoisotopic (exact) mass is 320 g/mol. The topological polar surface area (TPSA) is 54.9 Å². The van der Waals surface area contributed by atoms with Crippen LogP contribution in [0.2, 0.25) is 0 Å². The number of H-pyrrole nitrogens is 1. The van der Waals surface area contributed by atoms with Crippen LogP contribution in [-0.4, -0.2) is 9.55 Å². The summed E-state index contributed by atoms with van der Waals surface area (Å²) in [5, 5.41) is 0.0569. The molecule has 0 aliphatic heterocycles. The van der Waals surface area contributed by atoms with Crippen LogP contribution in [0.15, 0.2) is 52.1 Å². The molecule has 1 aromatic heterocycles. The standard InChI is InChI=1S/C16H11F3N2O2/c1-9-7-10(16(17,18)19)8-12-13(9)14(22)20-15(23)21(12)11-5-3-2-4-6-11/h2-8H,1H3,(H,20,22,23). The molecule has 0 atom stereocenters. The number of rotatable bonds is 1. The molecule has 3 rings (SSSR count). The predicted molar refractivity (Wildman–Crippen MR) is 79.9 cm³/mol. The van der Waals surface area contributed by atoms with Crippen LogP contribution in [0.1, 0.15) is 11.1 Å². The maximum atomic E-state index is 13.1. The highest BCUT2D eigenvalue weighted by atomic mass is 19.4. The van der Waals surface area contributed by atoms with Crippen molar-refractivity contribution in [1.29, 1.82) is 0 Å². The molecule has 0 unspecified atom stereocenters. The number of para-hydroxylation sites is 1. The summed E-state index contributed by atoms with van der Waals surface area (Å²) in [5.74, 6) is 0. The molecular formula is C16H11F3N2O2. The molecular weight excluding hydrogens is 309 g/mol. The molecule has 2 aromatic carbocycles. The third-order valence-corrected chi connectivity index (χ3v) is 3.55. The maximum Gasteiger partial charge on any atom is 0.416 e. The predicted octanol–water partition coefficient (Wildman–Crippen LogP) is 3.01. The maximum absolute atomic E-state index is 13.1. The normalized spacial score (nSPS) is 11.8. The Hall–Kier alpha value is -2.83. The molecule has 1 heterocycles. The molecule has 0 saturated heterocycles. The van der Waals surface area contributed by atoms with E-state index >= 15 is 0 Å². The minimum atomic E-state index is -4.57. The quantitative estimate of drug-likeness (QED) is 0.749. The third-order valence-electron chi connectivity index (χ3n) is 3.55. The lowest BCUT2D eigenvalue weighted by Gasteiger charge is -2.14. The number of benzene rings is 2. The van der Waals surface area contributed by atoms with Crippen molar-refractivity contribution in [1.82, 2.24) is 9.55 Å². The van der Waals surface area contributed by atoms with Crippen molar-refractivity contribution >= 4 is 10.9 Å². The van der Waals surface area contributed by atoms with E-state index in [2.05, 4.69) is 4.98 Å². The Balaban J connectivity index is 2.52. The third kappa shape index (κ3) is 2.54. The summed E-state index contributed by atoms with van der Waals surface area (Å²) < 4.78 is 40.2. The van der Waals surface area contributed by atoms with E-state index < -0.39 is 23.0 Å². The van der Waals surface area contributed by atoms with Gasteiger partial charge in [0.25, 0.3) is 5.56 Å². The van der Waals surface area contributed by atoms with E-state index in [0.717, 1.165) is 16.7 Å². The van der Waals surface area contributed by atoms with Gasteiger partial charge >= 0.3 is 11.9 Å². The Bertz CT molecular complexity index is 1000. The molecule has 0 aliphatic rings. The lowest BCUT2D eigenvalue weighted by molar-refractivity contribution is -0.137. The summed E-state index contributed by atoms with van der Waals surface area (Å²) in [7, 11) is 0. The molecule has 0 amide bonds. The molecule has 3 aromatic rings. The zero-order chi connectivity index (χ0) is 16.8. The van der Waals surface area contributed by atoms with Crippen molar-refractivity contribution in [2.45, 2.75) is 13.1 Å². The molecule has 0 saturated carbocycles. The van der Waals surface area contributed by atoms with E-state index in [1.165, 1.54) is 6.92 Å². The lowest BCUT2D eigenvalue weighted by Crippen LogP contribution is -2.30. The van der Waals surface area contributed by atoms with Gasteiger partial charge in [0.2, 0.25) is 0 Å². The molecule has 0 spiro atoms. The van der Waals surface area contributed by atoms with Crippen LogP contribution < -0.4 is 11.2 Å². The molecule has 4 nitrogen and oxygen atoms in total. The van der Waals surface area contributed by atoms with Crippen LogP contribution in [0.25, 0.3) is 16.6 Å². The summed E-state index contributed by atoms with van der Waals surface area (Å²) in [5.41, 5.74) is -1.94. The summed E-state index contributed by atoms with van der Waals surface area (Å²) in [4.78, 5) is 26.3. The fraction of sp³-hybridized carbons (Fsp3) is 0.125. The van der Waals surface area contributed by atoms with E-state index in [4.69, 9.17) is 0 Å². The Morgan fingerprint density at radius 2 is 1.70 bits per heavy atom. The number of fused-ring (bicyclic) bond motifs is 1. The highest BCUT2D eigenvalue weighted by Crippen LogP contribution is 2.32. The fourth-order valence-electron chi connectivity index (χ4n) is 2.56. The van der Waals surface area contributed by atoms with E-state index in [0.29, 0.717) is 5.69 Å². The Morgan fingerprint density at radius 3 is 2.30 bits per heavy atom. The Labute approximate surface area is 127 Å². The number of aryl methyl sites for hydroxylation is 1. The van der Waals surface area contributed by atoms with Crippen LogP contribution >= 0.6 is 0 Å². The van der Waals surface area contributed by atoms with Crippen molar-refractivity contribution in [2.75, 3.05) is 0 Å². The second-order valence-electron chi connectivity index (χ2n) is 5.12. The minimum Gasteiger partial charge on any atom is -0.273 e. The van der Waals surface area contributed by atoms with Crippen molar-refractivity contribution in [3.05, 3.63) is 74.4 Å². The van der Waals surface area contributed by atoms with Gasteiger partial charge in [0.15, 0.2) is 0 Å². The van der Waals surface area contributed by atoms with Gasteiger partial charge in [-0.1, -0.05) is 18.2 Å². The van der Waals surface area contributed by atoms with Crippen LogP contribution in [0.3, 0.4) is 0 Å². The number of aromatic nitrogens is 2. The number of nitrogens with one attached hydrogen (secondary N) is 1. The number of aromatic amines is 1. The average Bonchev–Trinajstić information content (AvgIpc) is 2.46. The van der Waals surface area contributed by atoms with Gasteiger partial charge in [-0.3, -0.25) is 14.3 Å². The number of hydrogen-bond acceptors (Lipinski definition) is 2. The summed E-state index contributed by atoms with van der Waals surface area (Å²) in [6, 6.07) is 9.90. The van der Waals surface area contributed by atoms with Gasteiger partial charge in [-0.2, -0.15) is 13.2 Å². The first kappa shape index (κ1) is 15.1. The molecule has 7 heteroatoms. The van der Waals surface area contributed by atoms with Gasteiger partial charge in [0.05, 0.1) is 22.2 Å². The van der Waals surface area contributed by atoms with E-state index in [-0.39, 0.29) is 16.5 Å². The van der Waals surface area contributed by atoms with Gasteiger partial charge in [0.1, 0.15) is 0 Å². The van der Waals surface area contributed by atoms with Crippen LogP contribution in [0.5, 0.6) is 0 Å². The molecule has 0 radical (unpaired) electrons. The lowest BCUT2D eigenvalue weighted by atomic mass is 10.1. The van der Waals surface area contributed by atoms with Gasteiger partial charge in [-0.15, -0.1) is 0 Å². The van der Waals surface area contributed by atoms with Crippen molar-refractivity contribution in [3.8, 4) is 5.69 Å². The number of hydrogen-bond donors (Lipinski definition) is 1. The SMILES string of the molecule is Cc1cc(C(F)(F)F)cc2c1c(=O)[nH]c(=O)n2-c1ccccc1. The Morgan fingerprint density at radius 1 is 1.04 bits per heavy atom. The molecule has 0 bridgehead atoms. The van der Waals surface area contributed by atoms with Crippen LogP contribution in [0, 0.1) is 6.92 Å². The fourth-order valence-corrected chi connectivity index (χ4v) is 2.56. The number of alkyl halides is 3. The highest BCUT2D eigenvalue weighted by Gasteiger charge is 2.31. The summed E-state index contributed by atoms with van der Waals surface area (Å²) in [6.07, 6.45) is -4.57. The first-order chi connectivity index (χ1) is 10.8. The second-order valence-corrected chi connectivity index (χ2v) is 5.12. The first-order valence-corrected chi connectivity index (χ1v) is 6.71. The van der Waals surface area contributed by atoms with E-state index in [1.807, 2.05) is 0 Å². The zero-order valence-corrected chi connectivity index (χ0v) is 11.9. The molecule has 0 fully saturated rings. The largest absolute Gasteiger partial charge is 0.416 e.